The van der Waals surface area contributed by atoms with Crippen LogP contribution in [0, 0.1) is 12.3 Å². The molecule has 102 valence electrons. The molecule has 0 unspecified atom stereocenters. The van der Waals surface area contributed by atoms with Gasteiger partial charge in [-0.15, -0.1) is 0 Å². The molecule has 0 radical (unpaired) electrons. The molecule has 0 fully saturated rings. The first-order valence-electron chi connectivity index (χ1n) is 6.13. The van der Waals surface area contributed by atoms with Crippen molar-refractivity contribution >= 4 is 5.84 Å². The molecule has 0 saturated heterocycles. The average Bonchev–Trinajstić information content (AvgIpc) is 2.73. The van der Waals surface area contributed by atoms with Crippen LogP contribution in [0.1, 0.15) is 25.8 Å². The molecular formula is C12H23N5O. The van der Waals surface area contributed by atoms with Crippen molar-refractivity contribution in [1.29, 1.82) is 0 Å². The number of rotatable bonds is 7. The molecule has 4 N–H and O–H groups in total. The summed E-state index contributed by atoms with van der Waals surface area (Å²) < 4.78 is 1.91. The summed E-state index contributed by atoms with van der Waals surface area (Å²) in [6.45, 7) is 8.46. The van der Waals surface area contributed by atoms with Crippen molar-refractivity contribution in [3.8, 4) is 0 Å². The highest BCUT2D eigenvalue weighted by atomic mass is 16.4. The number of nitrogens with one attached hydrogen (secondary N) is 1. The Morgan fingerprint density at radius 2 is 2.28 bits per heavy atom. The summed E-state index contributed by atoms with van der Waals surface area (Å²) in [5, 5.41) is 19.3. The number of amidine groups is 1. The maximum absolute atomic E-state index is 8.66. The van der Waals surface area contributed by atoms with Gasteiger partial charge < -0.3 is 16.3 Å². The van der Waals surface area contributed by atoms with Crippen LogP contribution < -0.4 is 11.1 Å². The van der Waals surface area contributed by atoms with Crippen LogP contribution >= 0.6 is 0 Å². The van der Waals surface area contributed by atoms with Gasteiger partial charge in [-0.25, -0.2) is 0 Å². The molecule has 0 spiro atoms. The lowest BCUT2D eigenvalue weighted by molar-refractivity contribution is 0.305. The molecule has 1 rings (SSSR count). The van der Waals surface area contributed by atoms with E-state index in [-0.39, 0.29) is 11.3 Å². The SMILES string of the molecule is Cc1cnn(CCNCCC(C)(C)C(N)=NO)c1. The van der Waals surface area contributed by atoms with E-state index in [4.69, 9.17) is 10.9 Å². The zero-order valence-corrected chi connectivity index (χ0v) is 11.3. The first-order valence-corrected chi connectivity index (χ1v) is 6.13. The molecule has 1 heterocycles. The van der Waals surface area contributed by atoms with Crippen LogP contribution in [0.15, 0.2) is 17.5 Å². The van der Waals surface area contributed by atoms with E-state index in [1.165, 1.54) is 5.56 Å². The van der Waals surface area contributed by atoms with E-state index in [1.54, 1.807) is 0 Å². The summed E-state index contributed by atoms with van der Waals surface area (Å²) in [6, 6.07) is 0. The average molecular weight is 253 g/mol. The largest absolute Gasteiger partial charge is 0.409 e. The highest BCUT2D eigenvalue weighted by Crippen LogP contribution is 2.19. The van der Waals surface area contributed by atoms with Gasteiger partial charge in [0.05, 0.1) is 12.7 Å². The Hall–Kier alpha value is -1.56. The topological polar surface area (TPSA) is 88.5 Å². The molecule has 0 amide bonds. The number of nitrogens with two attached hydrogens (primary N) is 1. The Morgan fingerprint density at radius 3 is 2.83 bits per heavy atom. The van der Waals surface area contributed by atoms with E-state index in [0.29, 0.717) is 0 Å². The van der Waals surface area contributed by atoms with Crippen LogP contribution in [-0.2, 0) is 6.54 Å². The van der Waals surface area contributed by atoms with Crippen molar-refractivity contribution in [3.63, 3.8) is 0 Å². The third-order valence-corrected chi connectivity index (χ3v) is 3.01. The number of hydrogen-bond donors (Lipinski definition) is 3. The second-order valence-electron chi connectivity index (χ2n) is 5.15. The van der Waals surface area contributed by atoms with Crippen LogP contribution in [0.4, 0.5) is 0 Å². The predicted octanol–water partition coefficient (Wildman–Crippen LogP) is 0.944. The van der Waals surface area contributed by atoms with Crippen LogP contribution in [0.5, 0.6) is 0 Å². The molecule has 6 heteroatoms. The molecule has 0 bridgehead atoms. The van der Waals surface area contributed by atoms with E-state index < -0.39 is 0 Å². The van der Waals surface area contributed by atoms with Crippen molar-refractivity contribution in [2.75, 3.05) is 13.1 Å². The predicted molar refractivity (Wildman–Crippen MR) is 71.6 cm³/mol. The van der Waals surface area contributed by atoms with Crippen molar-refractivity contribution in [3.05, 3.63) is 18.0 Å². The molecule has 0 aliphatic carbocycles. The molecule has 18 heavy (non-hydrogen) atoms. The van der Waals surface area contributed by atoms with E-state index in [0.717, 1.165) is 26.1 Å². The third kappa shape index (κ3) is 4.37. The molecule has 0 atom stereocenters. The molecule has 0 aliphatic heterocycles. The minimum Gasteiger partial charge on any atom is -0.409 e. The molecule has 6 nitrogen and oxygen atoms in total. The molecule has 0 saturated carbocycles. The van der Waals surface area contributed by atoms with Crippen LogP contribution in [0.3, 0.4) is 0 Å². The lowest BCUT2D eigenvalue weighted by Crippen LogP contribution is -2.35. The summed E-state index contributed by atoms with van der Waals surface area (Å²) in [6.07, 6.45) is 4.69. The smallest absolute Gasteiger partial charge is 0.144 e. The fourth-order valence-electron chi connectivity index (χ4n) is 1.57. The Morgan fingerprint density at radius 1 is 1.56 bits per heavy atom. The first-order chi connectivity index (χ1) is 8.45. The number of hydrogen-bond acceptors (Lipinski definition) is 4. The van der Waals surface area contributed by atoms with Crippen LogP contribution in [0.25, 0.3) is 0 Å². The fourth-order valence-corrected chi connectivity index (χ4v) is 1.57. The van der Waals surface area contributed by atoms with Crippen LogP contribution in [-0.4, -0.2) is 33.9 Å². The second kappa shape index (κ2) is 6.39. The summed E-state index contributed by atoms with van der Waals surface area (Å²) in [5.74, 6) is 0.270. The van der Waals surface area contributed by atoms with Crippen molar-refractivity contribution in [2.45, 2.75) is 33.7 Å². The van der Waals surface area contributed by atoms with Crippen molar-refractivity contribution in [2.24, 2.45) is 16.3 Å². The second-order valence-corrected chi connectivity index (χ2v) is 5.15. The number of nitrogens with zero attached hydrogens (tertiary/aromatic N) is 3. The van der Waals surface area contributed by atoms with Gasteiger partial charge in [-0.05, 0) is 25.5 Å². The van der Waals surface area contributed by atoms with E-state index in [1.807, 2.05) is 37.8 Å². The van der Waals surface area contributed by atoms with Gasteiger partial charge in [0.2, 0.25) is 0 Å². The van der Waals surface area contributed by atoms with Gasteiger partial charge in [0.25, 0.3) is 0 Å². The summed E-state index contributed by atoms with van der Waals surface area (Å²) in [5.41, 5.74) is 6.50. The Bertz CT molecular complexity index is 397. The van der Waals surface area contributed by atoms with Crippen molar-refractivity contribution in [1.82, 2.24) is 15.1 Å². The monoisotopic (exact) mass is 253 g/mol. The maximum atomic E-state index is 8.66. The van der Waals surface area contributed by atoms with Gasteiger partial charge in [-0.1, -0.05) is 19.0 Å². The zero-order valence-electron chi connectivity index (χ0n) is 11.3. The van der Waals surface area contributed by atoms with Crippen molar-refractivity contribution < 1.29 is 5.21 Å². The Kier molecular flexibility index (Phi) is 5.15. The quantitative estimate of drug-likeness (QED) is 0.222. The van der Waals surface area contributed by atoms with Crippen LogP contribution in [0.2, 0.25) is 0 Å². The maximum Gasteiger partial charge on any atom is 0.144 e. The van der Waals surface area contributed by atoms with Gasteiger partial charge in [0.15, 0.2) is 0 Å². The normalized spacial score (nSPS) is 12.9. The first kappa shape index (κ1) is 14.5. The zero-order chi connectivity index (χ0) is 13.6. The Labute approximate surface area is 108 Å². The van der Waals surface area contributed by atoms with Gasteiger partial charge in [-0.3, -0.25) is 4.68 Å². The molecule has 1 aromatic heterocycles. The molecule has 1 aromatic rings. The minimum atomic E-state index is -0.288. The number of aryl methyl sites for hydroxylation is 1. The van der Waals surface area contributed by atoms with Gasteiger partial charge in [0.1, 0.15) is 5.84 Å². The van der Waals surface area contributed by atoms with Gasteiger partial charge in [-0.2, -0.15) is 5.10 Å². The minimum absolute atomic E-state index is 0.270. The molecule has 0 aromatic carbocycles. The van der Waals surface area contributed by atoms with E-state index >= 15 is 0 Å². The molecule has 0 aliphatic rings. The van der Waals surface area contributed by atoms with E-state index in [9.17, 15) is 0 Å². The highest BCUT2D eigenvalue weighted by Gasteiger charge is 2.22. The number of oxime groups is 1. The van der Waals surface area contributed by atoms with E-state index in [2.05, 4.69) is 15.6 Å². The van der Waals surface area contributed by atoms with Gasteiger partial charge >= 0.3 is 0 Å². The summed E-state index contributed by atoms with van der Waals surface area (Å²) in [4.78, 5) is 0. The molecular weight excluding hydrogens is 230 g/mol. The Balaban J connectivity index is 2.19. The summed E-state index contributed by atoms with van der Waals surface area (Å²) >= 11 is 0. The lowest BCUT2D eigenvalue weighted by atomic mass is 9.88. The third-order valence-electron chi connectivity index (χ3n) is 3.01. The number of aromatic nitrogens is 2. The standard InChI is InChI=1S/C12H23N5O/c1-10-8-15-17(9-10)7-6-14-5-4-12(2,3)11(13)16-18/h8-9,14,18H,4-7H2,1-3H3,(H2,13,16). The lowest BCUT2D eigenvalue weighted by Gasteiger charge is -2.22. The van der Waals surface area contributed by atoms with Gasteiger partial charge in [0, 0.05) is 18.2 Å². The highest BCUT2D eigenvalue weighted by molar-refractivity contribution is 5.85. The summed E-state index contributed by atoms with van der Waals surface area (Å²) in [7, 11) is 0. The fraction of sp³-hybridized carbons (Fsp3) is 0.667.